The maximum Gasteiger partial charge on any atom is 0.293 e. The lowest BCUT2D eigenvalue weighted by molar-refractivity contribution is -0.123. The van der Waals surface area contributed by atoms with Gasteiger partial charge < -0.3 is 4.57 Å². The molecule has 1 saturated heterocycles. The van der Waals surface area contributed by atoms with Crippen molar-refractivity contribution in [1.82, 2.24) is 9.47 Å². The molecule has 1 aliphatic heterocycles. The number of fused-ring (bicyclic) bond motifs is 1. The first-order valence-corrected chi connectivity index (χ1v) is 11.9. The van der Waals surface area contributed by atoms with Crippen molar-refractivity contribution in [3.05, 3.63) is 111 Å². The molecule has 1 aromatic heterocycles. The number of halogens is 2. The fraction of sp³-hybridized carbons (Fsp3) is 0.111. The summed E-state index contributed by atoms with van der Waals surface area (Å²) in [7, 11) is 0. The van der Waals surface area contributed by atoms with Gasteiger partial charge in [-0.25, -0.2) is 4.39 Å². The second-order valence-corrected chi connectivity index (χ2v) is 9.62. The van der Waals surface area contributed by atoms with Crippen LogP contribution in [0.3, 0.4) is 0 Å². The van der Waals surface area contributed by atoms with E-state index < -0.39 is 5.82 Å². The highest BCUT2D eigenvalue weighted by Gasteiger charge is 2.35. The summed E-state index contributed by atoms with van der Waals surface area (Å²) in [6, 6.07) is 20.3. The van der Waals surface area contributed by atoms with E-state index >= 15 is 0 Å². The molecule has 170 valence electrons. The van der Waals surface area contributed by atoms with Crippen LogP contribution in [0.5, 0.6) is 0 Å². The van der Waals surface area contributed by atoms with Crippen molar-refractivity contribution in [2.45, 2.75) is 20.0 Å². The molecule has 2 amide bonds. The molecule has 0 radical (unpaired) electrons. The number of thioether (sulfide) groups is 1. The van der Waals surface area contributed by atoms with Crippen LogP contribution in [-0.4, -0.2) is 20.6 Å². The molecule has 0 atom stereocenters. The number of nitrogens with zero attached hydrogens (tertiary/aromatic N) is 2. The summed E-state index contributed by atoms with van der Waals surface area (Å²) in [6.07, 6.45) is 3.78. The van der Waals surface area contributed by atoms with Gasteiger partial charge in [-0.2, -0.15) is 0 Å². The number of carbonyl (C=O) groups is 2. The van der Waals surface area contributed by atoms with Crippen molar-refractivity contribution in [2.75, 3.05) is 0 Å². The Balaban J connectivity index is 1.45. The molecule has 0 unspecified atom stereocenters. The first-order valence-electron chi connectivity index (χ1n) is 10.7. The largest absolute Gasteiger partial charge is 0.342 e. The molecule has 34 heavy (non-hydrogen) atoms. The quantitative estimate of drug-likeness (QED) is 0.282. The van der Waals surface area contributed by atoms with E-state index in [0.29, 0.717) is 17.0 Å². The van der Waals surface area contributed by atoms with Crippen molar-refractivity contribution in [1.29, 1.82) is 0 Å². The van der Waals surface area contributed by atoms with E-state index in [1.165, 1.54) is 29.3 Å². The normalized spacial score (nSPS) is 15.1. The predicted molar refractivity (Wildman–Crippen MR) is 135 cm³/mol. The third-order valence-electron chi connectivity index (χ3n) is 5.80. The van der Waals surface area contributed by atoms with Crippen LogP contribution in [0.15, 0.2) is 77.8 Å². The molecule has 0 spiro atoms. The number of hydrogen-bond acceptors (Lipinski definition) is 3. The van der Waals surface area contributed by atoms with Crippen LogP contribution in [0.1, 0.15) is 22.3 Å². The van der Waals surface area contributed by atoms with Gasteiger partial charge >= 0.3 is 0 Å². The molecular formula is C27H20ClFN2O2S. The van der Waals surface area contributed by atoms with Gasteiger partial charge in [-0.1, -0.05) is 65.7 Å². The zero-order chi connectivity index (χ0) is 23.8. The van der Waals surface area contributed by atoms with Gasteiger partial charge in [0.15, 0.2) is 0 Å². The van der Waals surface area contributed by atoms with E-state index in [1.807, 2.05) is 30.5 Å². The molecule has 1 aliphatic rings. The fourth-order valence-corrected chi connectivity index (χ4v) is 5.07. The Hall–Kier alpha value is -3.35. The lowest BCUT2D eigenvalue weighted by atomic mass is 10.1. The Morgan fingerprint density at radius 1 is 1.00 bits per heavy atom. The minimum Gasteiger partial charge on any atom is -0.342 e. The molecule has 3 aromatic carbocycles. The molecule has 0 saturated carbocycles. The highest BCUT2D eigenvalue weighted by molar-refractivity contribution is 8.18. The second kappa shape index (κ2) is 9.12. The zero-order valence-electron chi connectivity index (χ0n) is 18.3. The molecule has 2 heterocycles. The van der Waals surface area contributed by atoms with Crippen LogP contribution >= 0.6 is 23.4 Å². The highest BCUT2D eigenvalue weighted by Crippen LogP contribution is 2.36. The molecule has 7 heteroatoms. The van der Waals surface area contributed by atoms with Gasteiger partial charge in [0.25, 0.3) is 11.1 Å². The van der Waals surface area contributed by atoms with Crippen molar-refractivity contribution in [2.24, 2.45) is 0 Å². The zero-order valence-corrected chi connectivity index (χ0v) is 19.9. The summed E-state index contributed by atoms with van der Waals surface area (Å²) in [5, 5.41) is 0.810. The first kappa shape index (κ1) is 22.4. The number of aryl methyl sites for hydroxylation is 1. The standard InChI is InChI=1S/C27H20ClFN2O2S/c1-17-6-8-18(9-7-17)14-30-15-20(22-4-2-3-5-24(22)30)12-25-26(32)31(27(33)34-25)16-19-10-11-21(29)13-23(19)28/h2-13,15H,14,16H2,1H3/b25-12-. The monoisotopic (exact) mass is 490 g/mol. The Bertz CT molecular complexity index is 1460. The van der Waals surface area contributed by atoms with Crippen molar-refractivity contribution in [3.63, 3.8) is 0 Å². The van der Waals surface area contributed by atoms with Gasteiger partial charge in [-0.3, -0.25) is 14.5 Å². The second-order valence-electron chi connectivity index (χ2n) is 8.22. The van der Waals surface area contributed by atoms with E-state index in [9.17, 15) is 14.0 Å². The lowest BCUT2D eigenvalue weighted by Crippen LogP contribution is -2.27. The maximum absolute atomic E-state index is 13.4. The molecular weight excluding hydrogens is 471 g/mol. The number of amides is 2. The number of imide groups is 1. The maximum atomic E-state index is 13.4. The highest BCUT2D eigenvalue weighted by atomic mass is 35.5. The van der Waals surface area contributed by atoms with E-state index in [2.05, 4.69) is 35.8 Å². The molecule has 0 bridgehead atoms. The molecule has 4 nitrogen and oxygen atoms in total. The van der Waals surface area contributed by atoms with Gasteiger partial charge in [-0.15, -0.1) is 0 Å². The number of carbonyl (C=O) groups excluding carboxylic acids is 2. The smallest absolute Gasteiger partial charge is 0.293 e. The predicted octanol–water partition coefficient (Wildman–Crippen LogP) is 7.03. The summed E-state index contributed by atoms with van der Waals surface area (Å²) in [5.74, 6) is -0.851. The number of benzene rings is 3. The molecule has 1 fully saturated rings. The van der Waals surface area contributed by atoms with Crippen LogP contribution in [0.2, 0.25) is 5.02 Å². The minimum atomic E-state index is -0.468. The summed E-state index contributed by atoms with van der Waals surface area (Å²) in [4.78, 5) is 27.2. The van der Waals surface area contributed by atoms with Crippen molar-refractivity contribution < 1.29 is 14.0 Å². The number of aromatic nitrogens is 1. The van der Waals surface area contributed by atoms with Gasteiger partial charge in [0.1, 0.15) is 5.82 Å². The first-order chi connectivity index (χ1) is 16.4. The average molecular weight is 491 g/mol. The summed E-state index contributed by atoms with van der Waals surface area (Å²) >= 11 is 7.00. The fourth-order valence-electron chi connectivity index (χ4n) is 4.01. The Kier molecular flexibility index (Phi) is 6.02. The topological polar surface area (TPSA) is 42.3 Å². The van der Waals surface area contributed by atoms with E-state index in [1.54, 1.807) is 6.08 Å². The summed E-state index contributed by atoms with van der Waals surface area (Å²) in [5.41, 5.74) is 4.81. The van der Waals surface area contributed by atoms with Crippen LogP contribution < -0.4 is 0 Å². The average Bonchev–Trinajstić information content (AvgIpc) is 3.29. The number of para-hydroxylation sites is 1. The Morgan fingerprint density at radius 2 is 1.76 bits per heavy atom. The Morgan fingerprint density at radius 3 is 2.53 bits per heavy atom. The van der Waals surface area contributed by atoms with E-state index in [-0.39, 0.29) is 22.7 Å². The van der Waals surface area contributed by atoms with Crippen LogP contribution in [-0.2, 0) is 17.9 Å². The third kappa shape index (κ3) is 4.39. The van der Waals surface area contributed by atoms with Crippen LogP contribution in [0.4, 0.5) is 9.18 Å². The van der Waals surface area contributed by atoms with E-state index in [0.717, 1.165) is 33.1 Å². The third-order valence-corrected chi connectivity index (χ3v) is 7.06. The number of hydrogen-bond donors (Lipinski definition) is 0. The van der Waals surface area contributed by atoms with Crippen LogP contribution in [0, 0.1) is 12.7 Å². The summed E-state index contributed by atoms with van der Waals surface area (Å²) < 4.78 is 15.5. The van der Waals surface area contributed by atoms with Crippen molar-refractivity contribution >= 4 is 51.5 Å². The minimum absolute atomic E-state index is 0.00367. The van der Waals surface area contributed by atoms with Gasteiger partial charge in [0.05, 0.1) is 11.4 Å². The molecule has 4 aromatic rings. The van der Waals surface area contributed by atoms with Crippen molar-refractivity contribution in [3.8, 4) is 0 Å². The molecule has 5 rings (SSSR count). The number of rotatable bonds is 5. The summed E-state index contributed by atoms with van der Waals surface area (Å²) in [6.45, 7) is 2.75. The van der Waals surface area contributed by atoms with Gasteiger partial charge in [0.2, 0.25) is 0 Å². The lowest BCUT2D eigenvalue weighted by Gasteiger charge is -2.13. The van der Waals surface area contributed by atoms with Gasteiger partial charge in [-0.05, 0) is 54.1 Å². The van der Waals surface area contributed by atoms with Crippen LogP contribution in [0.25, 0.3) is 17.0 Å². The Labute approximate surface area is 205 Å². The van der Waals surface area contributed by atoms with Gasteiger partial charge in [0, 0.05) is 34.2 Å². The molecule has 0 N–H and O–H groups in total. The SMILES string of the molecule is Cc1ccc(Cn2cc(/C=C3\SC(=O)N(Cc4ccc(F)cc4Cl)C3=O)c3ccccc32)cc1. The molecule has 0 aliphatic carbocycles. The van der Waals surface area contributed by atoms with E-state index in [4.69, 9.17) is 11.6 Å².